The van der Waals surface area contributed by atoms with Crippen LogP contribution in [-0.2, 0) is 11.3 Å². The average molecular weight is 526 g/mol. The number of hydrogen-bond acceptors (Lipinski definition) is 5. The fourth-order valence-electron chi connectivity index (χ4n) is 4.06. The quantitative estimate of drug-likeness (QED) is 0.473. The van der Waals surface area contributed by atoms with Gasteiger partial charge >= 0.3 is 18.1 Å². The standard InChI is InChI=1S/C27H26F3N5O3/c28-27(29,30)25(37)32-18-23(36)21-11-9-20(10-12-21)19-35(22-6-2-1-3-7-22)26(38)34-16-14-33(15-17-34)24-8-4-5-13-31-24/h1-13H,14-19H2,(H,32,37). The number of amides is 3. The molecule has 8 nitrogen and oxygen atoms in total. The number of nitrogens with one attached hydrogen (secondary N) is 1. The Bertz CT molecular complexity index is 1250. The first-order chi connectivity index (χ1) is 18.2. The lowest BCUT2D eigenvalue weighted by molar-refractivity contribution is -0.173. The van der Waals surface area contributed by atoms with Crippen LogP contribution in [0.15, 0.2) is 79.0 Å². The maximum atomic E-state index is 13.6. The van der Waals surface area contributed by atoms with Crippen molar-refractivity contribution in [2.75, 3.05) is 42.5 Å². The lowest BCUT2D eigenvalue weighted by atomic mass is 10.1. The second-order valence-electron chi connectivity index (χ2n) is 8.67. The predicted octanol–water partition coefficient (Wildman–Crippen LogP) is 3.89. The molecule has 38 heavy (non-hydrogen) atoms. The SMILES string of the molecule is O=C(CNC(=O)C(F)(F)F)c1ccc(CN(C(=O)N2CCN(c3ccccn3)CC2)c2ccccc2)cc1. The molecule has 3 amide bonds. The van der Waals surface area contributed by atoms with Gasteiger partial charge in [0.1, 0.15) is 5.82 Å². The minimum Gasteiger partial charge on any atom is -0.353 e. The van der Waals surface area contributed by atoms with Crippen LogP contribution in [0.4, 0.5) is 29.5 Å². The van der Waals surface area contributed by atoms with Crippen LogP contribution < -0.4 is 15.1 Å². The summed E-state index contributed by atoms with van der Waals surface area (Å²) < 4.78 is 37.0. The summed E-state index contributed by atoms with van der Waals surface area (Å²) in [4.78, 5) is 46.7. The van der Waals surface area contributed by atoms with Gasteiger partial charge in [-0.3, -0.25) is 14.5 Å². The van der Waals surface area contributed by atoms with Crippen LogP contribution >= 0.6 is 0 Å². The number of carbonyl (C=O) groups is 3. The summed E-state index contributed by atoms with van der Waals surface area (Å²) >= 11 is 0. The van der Waals surface area contributed by atoms with Crippen LogP contribution in [-0.4, -0.2) is 66.5 Å². The van der Waals surface area contributed by atoms with Gasteiger partial charge in [-0.15, -0.1) is 0 Å². The number of para-hydroxylation sites is 1. The zero-order valence-corrected chi connectivity index (χ0v) is 20.4. The van der Waals surface area contributed by atoms with E-state index in [4.69, 9.17) is 0 Å². The van der Waals surface area contributed by atoms with E-state index in [1.165, 1.54) is 12.1 Å². The van der Waals surface area contributed by atoms with Gasteiger partial charge in [-0.05, 0) is 29.8 Å². The molecule has 0 unspecified atom stereocenters. The van der Waals surface area contributed by atoms with Gasteiger partial charge in [0.05, 0.1) is 13.1 Å². The second kappa shape index (κ2) is 11.8. The second-order valence-corrected chi connectivity index (χ2v) is 8.67. The van der Waals surface area contributed by atoms with Crippen molar-refractivity contribution in [3.63, 3.8) is 0 Å². The first kappa shape index (κ1) is 26.6. The van der Waals surface area contributed by atoms with Gasteiger partial charge in [-0.2, -0.15) is 13.2 Å². The van der Waals surface area contributed by atoms with E-state index >= 15 is 0 Å². The maximum absolute atomic E-state index is 13.6. The number of ketones is 1. The molecule has 11 heteroatoms. The molecule has 0 spiro atoms. The first-order valence-electron chi connectivity index (χ1n) is 12.0. The summed E-state index contributed by atoms with van der Waals surface area (Å²) in [5.74, 6) is -1.96. The monoisotopic (exact) mass is 525 g/mol. The number of carbonyl (C=O) groups excluding carboxylic acids is 3. The maximum Gasteiger partial charge on any atom is 0.471 e. The van der Waals surface area contributed by atoms with Crippen LogP contribution in [0.25, 0.3) is 0 Å². The number of aromatic nitrogens is 1. The molecule has 0 aliphatic carbocycles. The largest absolute Gasteiger partial charge is 0.471 e. The molecule has 1 saturated heterocycles. The number of halogens is 3. The Labute approximate surface area is 217 Å². The number of piperazine rings is 1. The summed E-state index contributed by atoms with van der Waals surface area (Å²) in [6.45, 7) is 1.80. The van der Waals surface area contributed by atoms with E-state index in [1.54, 1.807) is 33.4 Å². The minimum atomic E-state index is -5.05. The molecule has 4 rings (SSSR count). The molecule has 0 bridgehead atoms. The molecule has 198 valence electrons. The van der Waals surface area contributed by atoms with E-state index in [9.17, 15) is 27.6 Å². The van der Waals surface area contributed by atoms with Gasteiger partial charge in [0, 0.05) is 43.6 Å². The summed E-state index contributed by atoms with van der Waals surface area (Å²) in [5, 5.41) is 1.57. The van der Waals surface area contributed by atoms with E-state index in [2.05, 4.69) is 9.88 Å². The molecule has 2 aromatic carbocycles. The van der Waals surface area contributed by atoms with E-state index in [1.807, 2.05) is 48.5 Å². The van der Waals surface area contributed by atoms with Gasteiger partial charge < -0.3 is 15.1 Å². The van der Waals surface area contributed by atoms with Crippen LogP contribution in [0.3, 0.4) is 0 Å². The molecule has 0 radical (unpaired) electrons. The summed E-state index contributed by atoms with van der Waals surface area (Å²) in [7, 11) is 0. The highest BCUT2D eigenvalue weighted by atomic mass is 19.4. The molecule has 2 heterocycles. The normalized spacial score (nSPS) is 13.7. The van der Waals surface area contributed by atoms with E-state index < -0.39 is 24.4 Å². The van der Waals surface area contributed by atoms with Crippen molar-refractivity contribution in [1.29, 1.82) is 0 Å². The van der Waals surface area contributed by atoms with Crippen LogP contribution in [0.1, 0.15) is 15.9 Å². The molecule has 1 N–H and O–H groups in total. The summed E-state index contributed by atoms with van der Waals surface area (Å²) in [6, 6.07) is 21.0. The number of benzene rings is 2. The Morgan fingerprint density at radius 3 is 2.13 bits per heavy atom. The zero-order chi connectivity index (χ0) is 27.1. The number of rotatable bonds is 7. The number of alkyl halides is 3. The Kier molecular flexibility index (Phi) is 8.25. The third-order valence-corrected chi connectivity index (χ3v) is 6.11. The molecule has 0 atom stereocenters. The van der Waals surface area contributed by atoms with Gasteiger partial charge in [0.2, 0.25) is 0 Å². The lowest BCUT2D eigenvalue weighted by Crippen LogP contribution is -2.53. The minimum absolute atomic E-state index is 0.152. The Hall–Kier alpha value is -4.41. The van der Waals surface area contributed by atoms with Crippen molar-refractivity contribution in [1.82, 2.24) is 15.2 Å². The van der Waals surface area contributed by atoms with Gasteiger partial charge in [-0.1, -0.05) is 48.5 Å². The third kappa shape index (κ3) is 6.67. The van der Waals surface area contributed by atoms with Gasteiger partial charge in [-0.25, -0.2) is 9.78 Å². The summed E-state index contributed by atoms with van der Waals surface area (Å²) in [5.41, 5.74) is 1.59. The van der Waals surface area contributed by atoms with Crippen molar-refractivity contribution < 1.29 is 27.6 Å². The van der Waals surface area contributed by atoms with Crippen molar-refractivity contribution in [3.05, 3.63) is 90.1 Å². The van der Waals surface area contributed by atoms with Crippen LogP contribution in [0, 0.1) is 0 Å². The molecule has 0 saturated carbocycles. The van der Waals surface area contributed by atoms with Gasteiger partial charge in [0.25, 0.3) is 0 Å². The van der Waals surface area contributed by atoms with Crippen molar-refractivity contribution >= 4 is 29.2 Å². The Morgan fingerprint density at radius 2 is 1.53 bits per heavy atom. The van der Waals surface area contributed by atoms with Crippen LogP contribution in [0.5, 0.6) is 0 Å². The molecular weight excluding hydrogens is 499 g/mol. The molecule has 1 aliphatic heterocycles. The zero-order valence-electron chi connectivity index (χ0n) is 20.4. The average Bonchev–Trinajstić information content (AvgIpc) is 2.95. The molecule has 1 fully saturated rings. The summed E-state index contributed by atoms with van der Waals surface area (Å²) in [6.07, 6.45) is -3.32. The highest BCUT2D eigenvalue weighted by Crippen LogP contribution is 2.21. The molecule has 3 aromatic rings. The van der Waals surface area contributed by atoms with E-state index in [0.717, 1.165) is 11.4 Å². The van der Waals surface area contributed by atoms with Crippen LogP contribution in [0.2, 0.25) is 0 Å². The number of Topliss-reactive ketones (excluding diaryl/α,β-unsaturated/α-hetero) is 1. The Morgan fingerprint density at radius 1 is 0.868 bits per heavy atom. The van der Waals surface area contributed by atoms with Crippen molar-refractivity contribution in [3.8, 4) is 0 Å². The van der Waals surface area contributed by atoms with Crippen molar-refractivity contribution in [2.24, 2.45) is 0 Å². The van der Waals surface area contributed by atoms with E-state index in [-0.39, 0.29) is 18.1 Å². The number of hydrogen-bond donors (Lipinski definition) is 1. The smallest absolute Gasteiger partial charge is 0.353 e. The molecule has 1 aliphatic rings. The van der Waals surface area contributed by atoms with Gasteiger partial charge in [0.15, 0.2) is 5.78 Å². The van der Waals surface area contributed by atoms with E-state index in [0.29, 0.717) is 31.9 Å². The number of urea groups is 1. The fraction of sp³-hybridized carbons (Fsp3) is 0.259. The third-order valence-electron chi connectivity index (χ3n) is 6.11. The predicted molar refractivity (Wildman–Crippen MR) is 136 cm³/mol. The topological polar surface area (TPSA) is 85.8 Å². The number of anilines is 2. The number of pyridine rings is 1. The highest BCUT2D eigenvalue weighted by molar-refractivity contribution is 6.00. The van der Waals surface area contributed by atoms with Crippen molar-refractivity contribution in [2.45, 2.75) is 12.7 Å². The molecule has 1 aromatic heterocycles. The number of nitrogens with zero attached hydrogens (tertiary/aromatic N) is 4. The first-order valence-corrected chi connectivity index (χ1v) is 12.0. The molecular formula is C27H26F3N5O3. The Balaban J connectivity index is 1.42. The fourth-order valence-corrected chi connectivity index (χ4v) is 4.06. The lowest BCUT2D eigenvalue weighted by Gasteiger charge is -2.38. The highest BCUT2D eigenvalue weighted by Gasteiger charge is 2.38.